The molecular formula is C14H21FN4O2. The fourth-order valence-electron chi connectivity index (χ4n) is 2.44. The molecule has 3 N–H and O–H groups in total. The van der Waals surface area contributed by atoms with Gasteiger partial charge in [-0.1, -0.05) is 17.3 Å². The first-order valence-corrected chi connectivity index (χ1v) is 6.86. The molecule has 1 aromatic carbocycles. The third-order valence-corrected chi connectivity index (χ3v) is 3.64. The Labute approximate surface area is 123 Å². The Morgan fingerprint density at radius 2 is 2.00 bits per heavy atom. The maximum Gasteiger partial charge on any atom is 0.169 e. The Morgan fingerprint density at radius 1 is 1.33 bits per heavy atom. The highest BCUT2D eigenvalue weighted by Gasteiger charge is 2.19. The lowest BCUT2D eigenvalue weighted by atomic mass is 10.1. The smallest absolute Gasteiger partial charge is 0.169 e. The van der Waals surface area contributed by atoms with Crippen molar-refractivity contribution in [1.29, 1.82) is 0 Å². The Balaban J connectivity index is 1.89. The monoisotopic (exact) mass is 296 g/mol. The fraction of sp³-hybridized carbons (Fsp3) is 0.500. The predicted molar refractivity (Wildman–Crippen MR) is 78.1 cm³/mol. The van der Waals surface area contributed by atoms with E-state index < -0.39 is 0 Å². The van der Waals surface area contributed by atoms with Gasteiger partial charge in [0.1, 0.15) is 0 Å². The molecule has 116 valence electrons. The van der Waals surface area contributed by atoms with Crippen LogP contribution in [0.3, 0.4) is 0 Å². The van der Waals surface area contributed by atoms with E-state index in [1.54, 1.807) is 18.2 Å². The van der Waals surface area contributed by atoms with Crippen LogP contribution in [0.1, 0.15) is 5.56 Å². The van der Waals surface area contributed by atoms with Crippen molar-refractivity contribution in [3.8, 4) is 5.75 Å². The highest BCUT2D eigenvalue weighted by Crippen LogP contribution is 2.21. The van der Waals surface area contributed by atoms with Crippen molar-refractivity contribution in [2.75, 3.05) is 39.8 Å². The van der Waals surface area contributed by atoms with Crippen molar-refractivity contribution in [2.45, 2.75) is 6.54 Å². The Hall–Kier alpha value is -1.86. The number of ether oxygens (including phenoxy) is 1. The van der Waals surface area contributed by atoms with E-state index in [0.717, 1.165) is 26.2 Å². The summed E-state index contributed by atoms with van der Waals surface area (Å²) in [5.41, 5.74) is 6.13. The van der Waals surface area contributed by atoms with Crippen molar-refractivity contribution in [2.24, 2.45) is 10.9 Å². The van der Waals surface area contributed by atoms with Crippen molar-refractivity contribution in [1.82, 2.24) is 9.80 Å². The standard InChI is InChI=1S/C14H21FN4O2/c1-21-12-4-2-3-11(14(12)15)9-18-5-7-19(8-6-18)10-13(16)17-20/h2-4,20H,5-10H2,1H3,(H2,16,17). The summed E-state index contributed by atoms with van der Waals surface area (Å²) in [5, 5.41) is 11.5. The van der Waals surface area contributed by atoms with E-state index in [1.807, 2.05) is 0 Å². The first-order valence-electron chi connectivity index (χ1n) is 6.86. The zero-order chi connectivity index (χ0) is 15.2. The van der Waals surface area contributed by atoms with Gasteiger partial charge in [0.05, 0.1) is 13.7 Å². The van der Waals surface area contributed by atoms with E-state index in [9.17, 15) is 4.39 Å². The topological polar surface area (TPSA) is 74.3 Å². The van der Waals surface area contributed by atoms with Gasteiger partial charge in [-0.3, -0.25) is 9.80 Å². The number of nitrogens with zero attached hydrogens (tertiary/aromatic N) is 3. The molecule has 2 rings (SSSR count). The molecule has 1 aliphatic rings. The van der Waals surface area contributed by atoms with Gasteiger partial charge in [-0.15, -0.1) is 0 Å². The number of methoxy groups -OCH3 is 1. The Kier molecular flexibility index (Phi) is 5.35. The summed E-state index contributed by atoms with van der Waals surface area (Å²) in [6.45, 7) is 4.26. The van der Waals surface area contributed by atoms with Crippen LogP contribution in [0.15, 0.2) is 23.4 Å². The minimum absolute atomic E-state index is 0.210. The number of oxime groups is 1. The van der Waals surface area contributed by atoms with Gasteiger partial charge in [-0.05, 0) is 6.07 Å². The van der Waals surface area contributed by atoms with Crippen LogP contribution in [0, 0.1) is 5.82 Å². The van der Waals surface area contributed by atoms with Crippen LogP contribution in [0.4, 0.5) is 4.39 Å². The van der Waals surface area contributed by atoms with E-state index in [1.165, 1.54) is 7.11 Å². The quantitative estimate of drug-likeness (QED) is 0.362. The lowest BCUT2D eigenvalue weighted by molar-refractivity contribution is 0.137. The Bertz CT molecular complexity index is 502. The van der Waals surface area contributed by atoms with Crippen LogP contribution in [-0.4, -0.2) is 60.7 Å². The average Bonchev–Trinajstić information content (AvgIpc) is 2.51. The molecule has 0 aliphatic carbocycles. The molecule has 1 saturated heterocycles. The summed E-state index contributed by atoms with van der Waals surface area (Å²) in [7, 11) is 1.47. The molecule has 1 heterocycles. The SMILES string of the molecule is COc1cccc(CN2CCN(C/C(N)=N/O)CC2)c1F. The van der Waals surface area contributed by atoms with E-state index in [4.69, 9.17) is 15.7 Å². The first-order chi connectivity index (χ1) is 10.1. The molecule has 1 aliphatic heterocycles. The molecule has 7 heteroatoms. The summed E-state index contributed by atoms with van der Waals surface area (Å²) >= 11 is 0. The predicted octanol–water partition coefficient (Wildman–Crippen LogP) is 0.698. The summed E-state index contributed by atoms with van der Waals surface area (Å²) in [6.07, 6.45) is 0. The third-order valence-electron chi connectivity index (χ3n) is 3.64. The second-order valence-corrected chi connectivity index (χ2v) is 5.08. The molecule has 0 unspecified atom stereocenters. The van der Waals surface area contributed by atoms with Crippen molar-refractivity contribution in [3.05, 3.63) is 29.6 Å². The highest BCUT2D eigenvalue weighted by atomic mass is 19.1. The molecule has 1 aromatic rings. The minimum Gasteiger partial charge on any atom is -0.494 e. The van der Waals surface area contributed by atoms with Gasteiger partial charge >= 0.3 is 0 Å². The maximum absolute atomic E-state index is 14.1. The largest absolute Gasteiger partial charge is 0.494 e. The lowest BCUT2D eigenvalue weighted by Crippen LogP contribution is -2.48. The third kappa shape index (κ3) is 4.05. The van der Waals surface area contributed by atoms with Crippen molar-refractivity contribution >= 4 is 5.84 Å². The second-order valence-electron chi connectivity index (χ2n) is 5.08. The molecule has 0 bridgehead atoms. The molecule has 6 nitrogen and oxygen atoms in total. The van der Waals surface area contributed by atoms with Crippen LogP contribution < -0.4 is 10.5 Å². The fourth-order valence-corrected chi connectivity index (χ4v) is 2.44. The van der Waals surface area contributed by atoms with Gasteiger partial charge in [0.15, 0.2) is 17.4 Å². The zero-order valence-corrected chi connectivity index (χ0v) is 12.1. The van der Waals surface area contributed by atoms with E-state index in [2.05, 4.69) is 15.0 Å². The number of amidine groups is 1. The van der Waals surface area contributed by atoms with Crippen LogP contribution in [0.2, 0.25) is 0 Å². The van der Waals surface area contributed by atoms with Crippen LogP contribution in [-0.2, 0) is 6.54 Å². The zero-order valence-electron chi connectivity index (χ0n) is 12.1. The van der Waals surface area contributed by atoms with E-state index in [-0.39, 0.29) is 17.4 Å². The van der Waals surface area contributed by atoms with E-state index >= 15 is 0 Å². The summed E-state index contributed by atoms with van der Waals surface area (Å²) in [5.74, 6) is 0.194. The van der Waals surface area contributed by atoms with Gasteiger partial charge in [-0.2, -0.15) is 0 Å². The van der Waals surface area contributed by atoms with Gasteiger partial charge in [0, 0.05) is 38.3 Å². The second kappa shape index (κ2) is 7.24. The molecule has 0 atom stereocenters. The number of piperazine rings is 1. The number of nitrogens with two attached hydrogens (primary N) is 1. The number of benzene rings is 1. The first kappa shape index (κ1) is 15.5. The normalized spacial score (nSPS) is 17.9. The van der Waals surface area contributed by atoms with Gasteiger partial charge < -0.3 is 15.7 Å². The van der Waals surface area contributed by atoms with Gasteiger partial charge in [-0.25, -0.2) is 4.39 Å². The molecule has 21 heavy (non-hydrogen) atoms. The number of hydrogen-bond donors (Lipinski definition) is 2. The minimum atomic E-state index is -0.293. The summed E-state index contributed by atoms with van der Waals surface area (Å²) in [6, 6.07) is 5.19. The lowest BCUT2D eigenvalue weighted by Gasteiger charge is -2.34. The maximum atomic E-state index is 14.1. The number of halogens is 1. The molecular weight excluding hydrogens is 275 g/mol. The van der Waals surface area contributed by atoms with Gasteiger partial charge in [0.2, 0.25) is 0 Å². The molecule has 0 saturated carbocycles. The molecule has 0 spiro atoms. The van der Waals surface area contributed by atoms with Crippen molar-refractivity contribution in [3.63, 3.8) is 0 Å². The van der Waals surface area contributed by atoms with Crippen LogP contribution >= 0.6 is 0 Å². The van der Waals surface area contributed by atoms with Crippen LogP contribution in [0.5, 0.6) is 5.75 Å². The van der Waals surface area contributed by atoms with E-state index in [0.29, 0.717) is 18.7 Å². The van der Waals surface area contributed by atoms with Gasteiger partial charge in [0.25, 0.3) is 0 Å². The van der Waals surface area contributed by atoms with Crippen molar-refractivity contribution < 1.29 is 14.3 Å². The molecule has 1 fully saturated rings. The summed E-state index contributed by atoms with van der Waals surface area (Å²) < 4.78 is 19.1. The number of rotatable bonds is 5. The highest BCUT2D eigenvalue weighted by molar-refractivity contribution is 5.81. The molecule has 0 aromatic heterocycles. The number of hydrogen-bond acceptors (Lipinski definition) is 5. The Morgan fingerprint density at radius 3 is 2.62 bits per heavy atom. The molecule has 0 amide bonds. The molecule has 0 radical (unpaired) electrons. The summed E-state index contributed by atoms with van der Waals surface area (Å²) in [4.78, 5) is 4.29. The van der Waals surface area contributed by atoms with Crippen LogP contribution in [0.25, 0.3) is 0 Å². The average molecular weight is 296 g/mol.